The Morgan fingerprint density at radius 1 is 0.963 bits per heavy atom. The zero-order valence-corrected chi connectivity index (χ0v) is 19.3. The Balaban J connectivity index is 2.16. The molecule has 0 bridgehead atoms. The summed E-state index contributed by atoms with van der Waals surface area (Å²) in [6, 6.07) is 10.4. The Morgan fingerprint density at radius 3 is 2.04 bits per heavy atom. The molecule has 0 amide bonds. The molecule has 0 aliphatic heterocycles. The van der Waals surface area contributed by atoms with Crippen LogP contribution in [0.5, 0.6) is 0 Å². The fourth-order valence-electron chi connectivity index (χ4n) is 4.75. The van der Waals surface area contributed by atoms with E-state index in [1.807, 2.05) is 6.07 Å². The third-order valence-corrected chi connectivity index (χ3v) is 12.2. The van der Waals surface area contributed by atoms with E-state index in [1.165, 1.54) is 11.1 Å². The van der Waals surface area contributed by atoms with Crippen molar-refractivity contribution in [2.45, 2.75) is 90.3 Å². The van der Waals surface area contributed by atoms with Crippen LogP contribution in [-0.2, 0) is 15.8 Å². The zero-order chi connectivity index (χ0) is 20.2. The molecule has 0 aromatic heterocycles. The summed E-state index contributed by atoms with van der Waals surface area (Å²) in [5.41, 5.74) is 5.30. The first-order valence-corrected chi connectivity index (χ1v) is 12.5. The Kier molecular flexibility index (Phi) is 7.67. The van der Waals surface area contributed by atoms with Gasteiger partial charge in [0.1, 0.15) is 0 Å². The van der Waals surface area contributed by atoms with Gasteiger partial charge in [0.25, 0.3) is 0 Å². The molecule has 0 N–H and O–H groups in total. The van der Waals surface area contributed by atoms with Crippen molar-refractivity contribution in [1.29, 1.82) is 0 Å². The van der Waals surface area contributed by atoms with Gasteiger partial charge >= 0.3 is 0 Å². The molecule has 2 atom stereocenters. The maximum Gasteiger partial charge on any atom is 0.201 e. The molecule has 2 rings (SSSR count). The lowest BCUT2D eigenvalue weighted by Gasteiger charge is -2.46. The van der Waals surface area contributed by atoms with Gasteiger partial charge in [-0.25, -0.2) is 0 Å². The van der Waals surface area contributed by atoms with Gasteiger partial charge in [-0.3, -0.25) is 0 Å². The maximum atomic E-state index is 7.06. The molecule has 1 aliphatic carbocycles. The average Bonchev–Trinajstić information content (AvgIpc) is 2.60. The van der Waals surface area contributed by atoms with Gasteiger partial charge in [-0.2, -0.15) is 0 Å². The van der Waals surface area contributed by atoms with Crippen molar-refractivity contribution in [3.8, 4) is 0 Å². The minimum atomic E-state index is -1.92. The monoisotopic (exact) mass is 386 g/mol. The van der Waals surface area contributed by atoms with Crippen molar-refractivity contribution in [3.05, 3.63) is 59.7 Å². The van der Waals surface area contributed by atoms with Crippen LogP contribution in [0, 0.1) is 0 Å². The first kappa shape index (κ1) is 22.1. The number of rotatable bonds is 8. The molecule has 2 nitrogen and oxygen atoms in total. The van der Waals surface area contributed by atoms with E-state index >= 15 is 0 Å². The fourth-order valence-corrected chi connectivity index (χ4v) is 10.3. The number of ether oxygens (including phenoxy) is 1. The first-order valence-electron chi connectivity index (χ1n) is 10.4. The normalized spacial score (nSPS) is 21.3. The second-order valence-electron chi connectivity index (χ2n) is 8.91. The smallest absolute Gasteiger partial charge is 0.201 e. The van der Waals surface area contributed by atoms with E-state index in [2.05, 4.69) is 85.4 Å². The highest BCUT2D eigenvalue weighted by molar-refractivity contribution is 6.77. The molecular formula is C24H38O2Si. The van der Waals surface area contributed by atoms with Crippen molar-refractivity contribution in [3.63, 3.8) is 0 Å². The lowest BCUT2D eigenvalue weighted by molar-refractivity contribution is 0.0321. The van der Waals surface area contributed by atoms with Gasteiger partial charge in [0.05, 0.1) is 18.8 Å². The van der Waals surface area contributed by atoms with E-state index in [0.29, 0.717) is 23.2 Å². The van der Waals surface area contributed by atoms with Crippen LogP contribution in [0.4, 0.5) is 0 Å². The second-order valence-corrected chi connectivity index (χ2v) is 14.3. The number of hydrogen-bond acceptors (Lipinski definition) is 2. The van der Waals surface area contributed by atoms with Gasteiger partial charge < -0.3 is 9.16 Å². The average molecular weight is 387 g/mol. The molecule has 3 heteroatoms. The van der Waals surface area contributed by atoms with Gasteiger partial charge in [-0.15, -0.1) is 0 Å². The summed E-state index contributed by atoms with van der Waals surface area (Å²) in [5, 5.41) is 0. The van der Waals surface area contributed by atoms with Crippen molar-refractivity contribution >= 4 is 8.32 Å². The van der Waals surface area contributed by atoms with E-state index < -0.39 is 8.32 Å². The van der Waals surface area contributed by atoms with Crippen LogP contribution in [0.1, 0.15) is 60.5 Å². The van der Waals surface area contributed by atoms with Crippen LogP contribution in [0.3, 0.4) is 0 Å². The molecule has 150 valence electrons. The van der Waals surface area contributed by atoms with E-state index in [0.717, 1.165) is 12.0 Å². The molecule has 27 heavy (non-hydrogen) atoms. The third kappa shape index (κ3) is 5.01. The minimum absolute atomic E-state index is 0.0251. The predicted molar refractivity (Wildman–Crippen MR) is 118 cm³/mol. The molecule has 1 aromatic carbocycles. The minimum Gasteiger partial charge on any atom is -0.409 e. The van der Waals surface area contributed by atoms with Crippen LogP contribution >= 0.6 is 0 Å². The molecule has 0 saturated carbocycles. The fraction of sp³-hybridized carbons (Fsp3) is 0.583. The van der Waals surface area contributed by atoms with E-state index in [4.69, 9.17) is 9.16 Å². The molecule has 0 fully saturated rings. The summed E-state index contributed by atoms with van der Waals surface area (Å²) >= 11 is 0. The maximum absolute atomic E-state index is 7.06. The Labute approximate surface area is 167 Å². The molecule has 1 aliphatic rings. The van der Waals surface area contributed by atoms with Crippen molar-refractivity contribution in [2.75, 3.05) is 0 Å². The molecule has 0 saturated heterocycles. The van der Waals surface area contributed by atoms with Crippen LogP contribution < -0.4 is 0 Å². The van der Waals surface area contributed by atoms with Crippen molar-refractivity contribution in [1.82, 2.24) is 0 Å². The van der Waals surface area contributed by atoms with Crippen molar-refractivity contribution < 1.29 is 9.16 Å². The second kappa shape index (κ2) is 9.36. The Hall–Kier alpha value is -1.16. The number of benzene rings is 1. The third-order valence-electron chi connectivity index (χ3n) is 6.11. The molecule has 0 radical (unpaired) electrons. The van der Waals surface area contributed by atoms with Crippen LogP contribution in [-0.4, -0.2) is 20.5 Å². The highest BCUT2D eigenvalue weighted by Crippen LogP contribution is 2.45. The predicted octanol–water partition coefficient (Wildman–Crippen LogP) is 7.04. The van der Waals surface area contributed by atoms with Crippen LogP contribution in [0.2, 0.25) is 16.6 Å². The largest absolute Gasteiger partial charge is 0.409 e. The highest BCUT2D eigenvalue weighted by Gasteiger charge is 2.47. The van der Waals surface area contributed by atoms with Gasteiger partial charge in [-0.05, 0) is 40.3 Å². The van der Waals surface area contributed by atoms with Gasteiger partial charge in [-0.1, -0.05) is 84.5 Å². The van der Waals surface area contributed by atoms with Crippen LogP contribution in [0.25, 0.3) is 0 Å². The van der Waals surface area contributed by atoms with Gasteiger partial charge in [0, 0.05) is 6.42 Å². The standard InChI is InChI=1S/C24H38O2Si/c1-17(2)27(18(3)4,19(5)6)26-24-15-23(20(7)14-21(24)8)25-16-22-12-10-9-11-13-22/h9-14,17-19,23-24H,7,15-16H2,1-6,8H3/t23-,24-/m1/s1. The van der Waals surface area contributed by atoms with Gasteiger partial charge in [0.2, 0.25) is 8.32 Å². The van der Waals surface area contributed by atoms with Crippen molar-refractivity contribution in [2.24, 2.45) is 0 Å². The summed E-state index contributed by atoms with van der Waals surface area (Å²) in [4.78, 5) is 0. The highest BCUT2D eigenvalue weighted by atomic mass is 28.4. The molecule has 0 heterocycles. The number of hydrogen-bond donors (Lipinski definition) is 0. The first-order chi connectivity index (χ1) is 12.7. The molecule has 1 aromatic rings. The summed E-state index contributed by atoms with van der Waals surface area (Å²) in [6.07, 6.45) is 3.21. The lowest BCUT2D eigenvalue weighted by Crippen LogP contribution is -2.51. The van der Waals surface area contributed by atoms with Crippen LogP contribution in [0.15, 0.2) is 54.1 Å². The summed E-state index contributed by atoms with van der Waals surface area (Å²) in [7, 11) is -1.92. The topological polar surface area (TPSA) is 18.5 Å². The van der Waals surface area contributed by atoms with E-state index in [9.17, 15) is 0 Å². The quantitative estimate of drug-likeness (QED) is 0.446. The summed E-state index contributed by atoms with van der Waals surface area (Å²) in [6.45, 7) is 21.1. The molecule has 0 unspecified atom stereocenters. The molecule has 0 spiro atoms. The van der Waals surface area contributed by atoms with E-state index in [-0.39, 0.29) is 12.2 Å². The zero-order valence-electron chi connectivity index (χ0n) is 18.3. The Morgan fingerprint density at radius 2 is 1.52 bits per heavy atom. The lowest BCUT2D eigenvalue weighted by atomic mass is 9.92. The molecular weight excluding hydrogens is 348 g/mol. The van der Waals surface area contributed by atoms with E-state index in [1.54, 1.807) is 0 Å². The van der Waals surface area contributed by atoms with Gasteiger partial charge in [0.15, 0.2) is 0 Å². The Bertz CT molecular complexity index is 624. The summed E-state index contributed by atoms with van der Waals surface area (Å²) < 4.78 is 13.3. The SMILES string of the molecule is C=C1C=C(C)[C@H](O[Si](C(C)C)(C(C)C)C(C)C)C[C@H]1OCc1ccccc1. The summed E-state index contributed by atoms with van der Waals surface area (Å²) in [5.74, 6) is 0.